The van der Waals surface area contributed by atoms with Crippen molar-refractivity contribution >= 4 is 42.6 Å². The summed E-state index contributed by atoms with van der Waals surface area (Å²) in [5, 5.41) is 2.62. The molecule has 4 aromatic rings. The molecule has 0 N–H and O–H groups in total. The van der Waals surface area contributed by atoms with Crippen LogP contribution in [0.2, 0.25) is 0 Å². The first kappa shape index (κ1) is 27.8. The van der Waals surface area contributed by atoms with Crippen molar-refractivity contribution in [1.29, 1.82) is 0 Å². The van der Waals surface area contributed by atoms with Gasteiger partial charge in [-0.15, -0.1) is 0 Å². The van der Waals surface area contributed by atoms with E-state index in [1.807, 2.05) is 17.8 Å². The van der Waals surface area contributed by atoms with Crippen LogP contribution in [0.15, 0.2) is 107 Å². The Labute approximate surface area is 241 Å². The average molecular weight is 551 g/mol. The summed E-state index contributed by atoms with van der Waals surface area (Å²) in [4.78, 5) is 5.05. The summed E-state index contributed by atoms with van der Waals surface area (Å²) in [6, 6.07) is 38.5. The summed E-state index contributed by atoms with van der Waals surface area (Å²) < 4.78 is 7.37. The summed E-state index contributed by atoms with van der Waals surface area (Å²) in [6.45, 7) is 10.2. The van der Waals surface area contributed by atoms with E-state index in [2.05, 4.69) is 130 Å². The maximum Gasteiger partial charge on any atom is 0.240 e. The molecule has 4 aromatic carbocycles. The van der Waals surface area contributed by atoms with Gasteiger partial charge in [-0.05, 0) is 46.0 Å². The minimum Gasteiger partial charge on any atom is -0.403 e. The van der Waals surface area contributed by atoms with Crippen LogP contribution in [0.3, 0.4) is 0 Å². The standard InChI is InChI=1S/C35H40NOSSi/c1-5-6-7-16-26-36-30-23-14-15-25-32(30)38-33-29(22-17-24-31(33)36)34(35(2,3)4)37-39(27-18-10-8-11-19-27)28-20-12-9-13-21-28/h8-15,17-24,34,39H,5-7,16,26H2,1-4H3. The van der Waals surface area contributed by atoms with Gasteiger partial charge in [-0.2, -0.15) is 0 Å². The molecule has 1 atom stereocenters. The third-order valence-electron chi connectivity index (χ3n) is 7.39. The molecule has 1 unspecified atom stereocenters. The minimum absolute atomic E-state index is 0.0516. The summed E-state index contributed by atoms with van der Waals surface area (Å²) in [7, 11) is -1.96. The van der Waals surface area contributed by atoms with Gasteiger partial charge in [-0.25, -0.2) is 0 Å². The topological polar surface area (TPSA) is 12.5 Å². The zero-order valence-corrected chi connectivity index (χ0v) is 25.7. The number of hydrogen-bond acceptors (Lipinski definition) is 3. The Morgan fingerprint density at radius 2 is 1.46 bits per heavy atom. The van der Waals surface area contributed by atoms with Gasteiger partial charge < -0.3 is 9.33 Å². The van der Waals surface area contributed by atoms with E-state index in [1.54, 1.807) is 0 Å². The van der Waals surface area contributed by atoms with Crippen LogP contribution in [0, 0.1) is 11.5 Å². The fraction of sp³-hybridized carbons (Fsp3) is 0.314. The predicted molar refractivity (Wildman–Crippen MR) is 170 cm³/mol. The molecular weight excluding hydrogens is 511 g/mol. The van der Waals surface area contributed by atoms with Crippen molar-refractivity contribution in [2.75, 3.05) is 11.4 Å². The number of fused-ring (bicyclic) bond motifs is 2. The van der Waals surface area contributed by atoms with E-state index in [-0.39, 0.29) is 11.5 Å². The van der Waals surface area contributed by atoms with E-state index < -0.39 is 9.04 Å². The van der Waals surface area contributed by atoms with Gasteiger partial charge in [-0.1, -0.05) is 144 Å². The number of anilines is 2. The van der Waals surface area contributed by atoms with Crippen molar-refractivity contribution in [2.45, 2.75) is 69.3 Å². The monoisotopic (exact) mass is 550 g/mol. The molecule has 0 saturated heterocycles. The second kappa shape index (κ2) is 12.6. The van der Waals surface area contributed by atoms with Crippen LogP contribution >= 0.6 is 11.8 Å². The average Bonchev–Trinajstić information content (AvgIpc) is 2.95. The van der Waals surface area contributed by atoms with Gasteiger partial charge in [0, 0.05) is 16.3 Å². The predicted octanol–water partition coefficient (Wildman–Crippen LogP) is 8.31. The van der Waals surface area contributed by atoms with Crippen LogP contribution in [0.5, 0.6) is 0 Å². The molecular formula is C35H40NOSSi. The van der Waals surface area contributed by atoms with Crippen LogP contribution < -0.4 is 15.3 Å². The van der Waals surface area contributed by atoms with Gasteiger partial charge in [0.15, 0.2) is 0 Å². The van der Waals surface area contributed by atoms with Gasteiger partial charge >= 0.3 is 0 Å². The maximum atomic E-state index is 7.37. The molecule has 1 heterocycles. The van der Waals surface area contributed by atoms with E-state index >= 15 is 0 Å². The number of benzene rings is 4. The van der Waals surface area contributed by atoms with Gasteiger partial charge in [0.2, 0.25) is 9.04 Å². The molecule has 0 amide bonds. The molecule has 4 heteroatoms. The summed E-state index contributed by atoms with van der Waals surface area (Å²) in [6.07, 6.45) is 4.93. The lowest BCUT2D eigenvalue weighted by Crippen LogP contribution is -2.47. The highest BCUT2D eigenvalue weighted by Crippen LogP contribution is 2.52. The number of hydrogen-bond donors (Lipinski definition) is 0. The zero-order valence-electron chi connectivity index (χ0n) is 23.7. The molecule has 201 valence electrons. The van der Waals surface area contributed by atoms with Gasteiger partial charge in [0.05, 0.1) is 17.5 Å². The maximum absolute atomic E-state index is 7.37. The Morgan fingerprint density at radius 1 is 0.795 bits per heavy atom. The Morgan fingerprint density at radius 3 is 2.10 bits per heavy atom. The fourth-order valence-corrected chi connectivity index (χ4v) is 9.29. The van der Waals surface area contributed by atoms with Gasteiger partial charge in [0.25, 0.3) is 0 Å². The zero-order chi connectivity index (χ0) is 27.2. The largest absolute Gasteiger partial charge is 0.403 e. The first-order chi connectivity index (χ1) is 19.0. The SMILES string of the molecule is CCCCCCN1c2ccc[c]c2Sc2c(C(O[SiH](c3ccccc3)c3ccccc3)C(C)(C)C)cccc21. The highest BCUT2D eigenvalue weighted by molar-refractivity contribution is 7.99. The number of nitrogens with zero attached hydrogens (tertiary/aromatic N) is 1. The Hall–Kier alpha value is -2.79. The van der Waals surface area contributed by atoms with E-state index in [4.69, 9.17) is 4.43 Å². The normalized spacial score (nSPS) is 13.7. The molecule has 1 radical (unpaired) electrons. The molecule has 0 bridgehead atoms. The van der Waals surface area contributed by atoms with Crippen LogP contribution in [0.25, 0.3) is 0 Å². The van der Waals surface area contributed by atoms with Crippen LogP contribution in [0.4, 0.5) is 11.4 Å². The third kappa shape index (κ3) is 6.35. The molecule has 0 aliphatic carbocycles. The third-order valence-corrected chi connectivity index (χ3v) is 11.1. The minimum atomic E-state index is -1.96. The van der Waals surface area contributed by atoms with E-state index in [9.17, 15) is 0 Å². The van der Waals surface area contributed by atoms with Crippen molar-refractivity contribution in [3.05, 3.63) is 109 Å². The Bertz CT molecular complexity index is 1310. The van der Waals surface area contributed by atoms with Crippen molar-refractivity contribution in [3.63, 3.8) is 0 Å². The van der Waals surface area contributed by atoms with Crippen molar-refractivity contribution in [3.8, 4) is 0 Å². The first-order valence-corrected chi connectivity index (χ1v) is 16.8. The van der Waals surface area contributed by atoms with E-state index in [1.165, 1.54) is 62.8 Å². The summed E-state index contributed by atoms with van der Waals surface area (Å²) in [5.74, 6) is 0. The lowest BCUT2D eigenvalue weighted by Gasteiger charge is -2.39. The van der Waals surface area contributed by atoms with E-state index in [0.29, 0.717) is 0 Å². The van der Waals surface area contributed by atoms with Crippen LogP contribution in [-0.2, 0) is 4.43 Å². The molecule has 5 rings (SSSR count). The molecule has 0 saturated carbocycles. The number of rotatable bonds is 10. The summed E-state index contributed by atoms with van der Waals surface area (Å²) in [5.41, 5.74) is 3.78. The molecule has 0 fully saturated rings. The highest BCUT2D eigenvalue weighted by Gasteiger charge is 2.36. The molecule has 1 aliphatic rings. The number of unbranched alkanes of at least 4 members (excludes halogenated alkanes) is 3. The second-order valence-electron chi connectivity index (χ2n) is 11.5. The fourth-order valence-electron chi connectivity index (χ4n) is 5.43. The Kier molecular flexibility index (Phi) is 8.96. The van der Waals surface area contributed by atoms with Crippen LogP contribution in [0.1, 0.15) is 65.0 Å². The lowest BCUT2D eigenvalue weighted by molar-refractivity contribution is 0.0874. The molecule has 39 heavy (non-hydrogen) atoms. The van der Waals surface area contributed by atoms with Crippen molar-refractivity contribution < 1.29 is 4.43 Å². The van der Waals surface area contributed by atoms with Crippen molar-refractivity contribution in [2.24, 2.45) is 5.41 Å². The van der Waals surface area contributed by atoms with Crippen LogP contribution in [-0.4, -0.2) is 15.6 Å². The quantitative estimate of drug-likeness (QED) is 0.146. The summed E-state index contributed by atoms with van der Waals surface area (Å²) >= 11 is 1.86. The van der Waals surface area contributed by atoms with Gasteiger partial charge in [0.1, 0.15) is 0 Å². The smallest absolute Gasteiger partial charge is 0.240 e. The molecule has 0 aromatic heterocycles. The van der Waals surface area contributed by atoms with E-state index in [0.717, 1.165) is 6.54 Å². The molecule has 2 nitrogen and oxygen atoms in total. The highest BCUT2D eigenvalue weighted by atomic mass is 32.2. The lowest BCUT2D eigenvalue weighted by atomic mass is 9.84. The molecule has 0 spiro atoms. The van der Waals surface area contributed by atoms with Crippen molar-refractivity contribution in [1.82, 2.24) is 0 Å². The molecule has 1 aliphatic heterocycles. The second-order valence-corrected chi connectivity index (χ2v) is 14.9. The Balaban J connectivity index is 1.57. The first-order valence-electron chi connectivity index (χ1n) is 14.3. The van der Waals surface area contributed by atoms with Gasteiger partial charge in [-0.3, -0.25) is 0 Å².